The quantitative estimate of drug-likeness (QED) is 0.300. The number of nitrogens with one attached hydrogen (secondary N) is 4. The summed E-state index contributed by atoms with van der Waals surface area (Å²) in [6.45, 7) is 15.0. The Kier molecular flexibility index (Phi) is 6.17. The Morgan fingerprint density at radius 3 is 2.51 bits per heavy atom. The Balaban J connectivity index is 1.28. The fourth-order valence-electron chi connectivity index (χ4n) is 4.25. The fourth-order valence-corrected chi connectivity index (χ4v) is 4.25. The predicted molar refractivity (Wildman–Crippen MR) is 146 cm³/mol. The van der Waals surface area contributed by atoms with Crippen molar-refractivity contribution in [1.29, 1.82) is 0 Å². The van der Waals surface area contributed by atoms with Crippen molar-refractivity contribution in [2.45, 2.75) is 26.2 Å². The molecule has 1 fully saturated rings. The molecule has 35 heavy (non-hydrogen) atoms. The summed E-state index contributed by atoms with van der Waals surface area (Å²) in [5.41, 5.74) is 7.00. The van der Waals surface area contributed by atoms with Crippen molar-refractivity contribution in [2.24, 2.45) is 0 Å². The number of hydrogen-bond acceptors (Lipinski definition) is 6. The van der Waals surface area contributed by atoms with Crippen LogP contribution < -0.4 is 20.9 Å². The minimum absolute atomic E-state index is 0.0878. The van der Waals surface area contributed by atoms with E-state index in [9.17, 15) is 0 Å². The van der Waals surface area contributed by atoms with E-state index >= 15 is 0 Å². The third-order valence-electron chi connectivity index (χ3n) is 6.32. The Labute approximate surface area is 206 Å². The van der Waals surface area contributed by atoms with Gasteiger partial charge < -0.3 is 25.8 Å². The average Bonchev–Trinajstić information content (AvgIpc) is 3.29. The number of aromatic amines is 1. The van der Waals surface area contributed by atoms with Gasteiger partial charge in [-0.05, 0) is 53.4 Å². The van der Waals surface area contributed by atoms with E-state index in [4.69, 9.17) is 0 Å². The third kappa shape index (κ3) is 5.30. The third-order valence-corrected chi connectivity index (χ3v) is 6.32. The number of hydrogen-bond donors (Lipinski definition) is 4. The van der Waals surface area contributed by atoms with Crippen LogP contribution in [0.15, 0.2) is 67.4 Å². The molecule has 180 valence electrons. The molecule has 7 heteroatoms. The predicted octanol–water partition coefficient (Wildman–Crippen LogP) is 5.49. The van der Waals surface area contributed by atoms with E-state index in [-0.39, 0.29) is 5.41 Å². The molecule has 0 bridgehead atoms. The van der Waals surface area contributed by atoms with Crippen molar-refractivity contribution in [3.8, 4) is 0 Å². The number of nitrogens with zero attached hydrogens (tertiary/aromatic N) is 3. The number of H-pyrrole nitrogens is 1. The topological polar surface area (TPSA) is 80.9 Å². The molecule has 7 nitrogen and oxygen atoms in total. The largest absolute Gasteiger partial charge is 0.369 e. The van der Waals surface area contributed by atoms with Gasteiger partial charge in [-0.1, -0.05) is 39.5 Å². The first-order chi connectivity index (χ1) is 16.8. The highest BCUT2D eigenvalue weighted by atomic mass is 15.2. The van der Waals surface area contributed by atoms with Crippen LogP contribution in [0.2, 0.25) is 0 Å². The lowest BCUT2D eigenvalue weighted by molar-refractivity contribution is 0.589. The zero-order chi connectivity index (χ0) is 24.4. The van der Waals surface area contributed by atoms with Crippen molar-refractivity contribution in [3.63, 3.8) is 0 Å². The monoisotopic (exact) mass is 467 g/mol. The molecule has 2 aromatic carbocycles. The van der Waals surface area contributed by atoms with Crippen molar-refractivity contribution in [1.82, 2.24) is 20.3 Å². The second-order valence-corrected chi connectivity index (χ2v) is 10.0. The van der Waals surface area contributed by atoms with E-state index in [0.717, 1.165) is 60.0 Å². The second kappa shape index (κ2) is 9.43. The Morgan fingerprint density at radius 2 is 1.77 bits per heavy atom. The highest BCUT2D eigenvalue weighted by Gasteiger charge is 2.14. The maximum absolute atomic E-state index is 4.67. The van der Waals surface area contributed by atoms with Gasteiger partial charge in [0, 0.05) is 54.8 Å². The summed E-state index contributed by atoms with van der Waals surface area (Å²) >= 11 is 0. The number of anilines is 4. The Hall–Kier alpha value is -3.84. The van der Waals surface area contributed by atoms with Crippen LogP contribution in [-0.4, -0.2) is 41.1 Å². The van der Waals surface area contributed by atoms with E-state index in [1.807, 2.05) is 12.3 Å². The molecule has 2 aromatic heterocycles. The normalized spacial score (nSPS) is 14.2. The van der Waals surface area contributed by atoms with Crippen LogP contribution >= 0.6 is 0 Å². The molecule has 3 heterocycles. The minimum atomic E-state index is 0.0878. The summed E-state index contributed by atoms with van der Waals surface area (Å²) in [6, 6.07) is 18.9. The standard InChI is InChI=1S/C28H33N7/c1-19(31-23-7-5-6-21(17-23)28(2,3)4)25-16-20-18-30-27(34-26(20)33-25)32-22-8-10-24(11-9-22)35-14-12-29-13-15-35/h5-11,16-18,29,31H,1,12-15H2,2-4H3,(H2,30,32,33,34). The van der Waals surface area contributed by atoms with Gasteiger partial charge in [-0.25, -0.2) is 4.98 Å². The average molecular weight is 468 g/mol. The van der Waals surface area contributed by atoms with E-state index in [1.165, 1.54) is 11.3 Å². The van der Waals surface area contributed by atoms with Crippen molar-refractivity contribution in [3.05, 3.63) is 78.6 Å². The van der Waals surface area contributed by atoms with E-state index in [1.54, 1.807) is 0 Å². The number of aromatic nitrogens is 3. The maximum Gasteiger partial charge on any atom is 0.229 e. The van der Waals surface area contributed by atoms with E-state index in [0.29, 0.717) is 5.95 Å². The lowest BCUT2D eigenvalue weighted by Gasteiger charge is -2.29. The van der Waals surface area contributed by atoms with Gasteiger partial charge in [-0.3, -0.25) is 0 Å². The summed E-state index contributed by atoms with van der Waals surface area (Å²) in [7, 11) is 0. The Bertz CT molecular complexity index is 1330. The highest BCUT2D eigenvalue weighted by molar-refractivity contribution is 5.84. The molecule has 0 unspecified atom stereocenters. The molecule has 0 atom stereocenters. The molecular formula is C28H33N7. The summed E-state index contributed by atoms with van der Waals surface area (Å²) in [4.78, 5) is 14.9. The van der Waals surface area contributed by atoms with Crippen LogP contribution in [-0.2, 0) is 5.41 Å². The SMILES string of the molecule is C=C(Nc1cccc(C(C)(C)C)c1)c1cc2cnc(Nc3ccc(N4CCNCC4)cc3)nc2[nH]1. The van der Waals surface area contributed by atoms with Crippen molar-refractivity contribution < 1.29 is 0 Å². The van der Waals surface area contributed by atoms with Gasteiger partial charge in [0.05, 0.1) is 11.4 Å². The number of fused-ring (bicyclic) bond motifs is 1. The first-order valence-corrected chi connectivity index (χ1v) is 12.1. The lowest BCUT2D eigenvalue weighted by Crippen LogP contribution is -2.43. The van der Waals surface area contributed by atoms with Crippen LogP contribution in [0.25, 0.3) is 16.7 Å². The van der Waals surface area contributed by atoms with Gasteiger partial charge in [0.2, 0.25) is 5.95 Å². The van der Waals surface area contributed by atoms with Gasteiger partial charge in [0.15, 0.2) is 0 Å². The molecule has 0 spiro atoms. The molecule has 1 aliphatic heterocycles. The Morgan fingerprint density at radius 1 is 1.00 bits per heavy atom. The van der Waals surface area contributed by atoms with Gasteiger partial charge in [-0.15, -0.1) is 0 Å². The van der Waals surface area contributed by atoms with Crippen molar-refractivity contribution in [2.75, 3.05) is 41.7 Å². The van der Waals surface area contributed by atoms with Crippen LogP contribution in [0.4, 0.5) is 23.0 Å². The summed E-state index contributed by atoms with van der Waals surface area (Å²) < 4.78 is 0. The fraction of sp³-hybridized carbons (Fsp3) is 0.286. The van der Waals surface area contributed by atoms with Crippen LogP contribution in [0.5, 0.6) is 0 Å². The van der Waals surface area contributed by atoms with Gasteiger partial charge in [0.1, 0.15) is 5.65 Å². The summed E-state index contributed by atoms with van der Waals surface area (Å²) in [6.07, 6.45) is 1.83. The number of rotatable bonds is 6. The van der Waals surface area contributed by atoms with Crippen LogP contribution in [0.1, 0.15) is 32.0 Å². The molecule has 0 amide bonds. The highest BCUT2D eigenvalue weighted by Crippen LogP contribution is 2.27. The lowest BCUT2D eigenvalue weighted by atomic mass is 9.87. The first-order valence-electron chi connectivity index (χ1n) is 12.1. The maximum atomic E-state index is 4.67. The molecule has 1 saturated heterocycles. The smallest absolute Gasteiger partial charge is 0.229 e. The second-order valence-electron chi connectivity index (χ2n) is 10.0. The minimum Gasteiger partial charge on any atom is -0.369 e. The summed E-state index contributed by atoms with van der Waals surface area (Å²) in [5.74, 6) is 0.553. The molecule has 4 aromatic rings. The molecule has 0 aliphatic carbocycles. The van der Waals surface area contributed by atoms with Gasteiger partial charge in [-0.2, -0.15) is 4.98 Å². The van der Waals surface area contributed by atoms with Gasteiger partial charge >= 0.3 is 0 Å². The molecule has 0 saturated carbocycles. The van der Waals surface area contributed by atoms with Crippen LogP contribution in [0.3, 0.4) is 0 Å². The molecule has 5 rings (SSSR count). The van der Waals surface area contributed by atoms with Crippen LogP contribution in [0, 0.1) is 0 Å². The molecule has 1 aliphatic rings. The molecule has 4 N–H and O–H groups in total. The first kappa shape index (κ1) is 22.9. The number of benzene rings is 2. The zero-order valence-corrected chi connectivity index (χ0v) is 20.7. The molecule has 0 radical (unpaired) electrons. The van der Waals surface area contributed by atoms with E-state index in [2.05, 4.69) is 112 Å². The van der Waals surface area contributed by atoms with Crippen molar-refractivity contribution >= 4 is 39.7 Å². The summed E-state index contributed by atoms with van der Waals surface area (Å²) in [5, 5.41) is 11.1. The van der Waals surface area contributed by atoms with E-state index < -0.39 is 0 Å². The molecular weight excluding hydrogens is 434 g/mol. The number of piperazine rings is 1. The zero-order valence-electron chi connectivity index (χ0n) is 20.7. The van der Waals surface area contributed by atoms with Gasteiger partial charge in [0.25, 0.3) is 0 Å².